The minimum atomic E-state index is -0.0224. The zero-order valence-corrected chi connectivity index (χ0v) is 16.5. The highest BCUT2D eigenvalue weighted by atomic mass is 79.9. The Morgan fingerprint density at radius 2 is 2.00 bits per heavy atom. The van der Waals surface area contributed by atoms with E-state index in [2.05, 4.69) is 31.9 Å². The van der Waals surface area contributed by atoms with Crippen molar-refractivity contribution in [1.82, 2.24) is 9.88 Å². The molecular formula is C18H23BrN2O3S. The minimum absolute atomic E-state index is 0.0224. The van der Waals surface area contributed by atoms with Gasteiger partial charge in [0.25, 0.3) is 5.91 Å². The first-order valence-corrected chi connectivity index (χ1v) is 10.6. The molecule has 7 heteroatoms. The predicted molar refractivity (Wildman–Crippen MR) is 102 cm³/mol. The Morgan fingerprint density at radius 1 is 1.20 bits per heavy atom. The van der Waals surface area contributed by atoms with E-state index in [4.69, 9.17) is 9.47 Å². The maximum atomic E-state index is 12.8. The number of nitrogens with zero attached hydrogens (tertiary/aromatic N) is 1. The number of fused-ring (bicyclic) bond motifs is 1. The molecule has 0 radical (unpaired) electrons. The van der Waals surface area contributed by atoms with Gasteiger partial charge in [-0.15, -0.1) is 11.3 Å². The van der Waals surface area contributed by atoms with E-state index >= 15 is 0 Å². The standard InChI is InChI=1S/C18H23BrN2O3S/c19-17-9-14-16(25-17)8-15(18(22)20-10-12-5-3-7-23-12)21(14)11-13-4-1-2-6-24-13/h8-9,12-13H,1-7,10-11H2,(H,20,22)/t12-,13-/m1/s1. The Morgan fingerprint density at radius 3 is 2.76 bits per heavy atom. The first-order chi connectivity index (χ1) is 12.2. The lowest BCUT2D eigenvalue weighted by atomic mass is 10.1. The Bertz CT molecular complexity index is 745. The average molecular weight is 427 g/mol. The smallest absolute Gasteiger partial charge is 0.268 e. The van der Waals surface area contributed by atoms with Gasteiger partial charge in [0.15, 0.2) is 0 Å². The summed E-state index contributed by atoms with van der Waals surface area (Å²) in [5.41, 5.74) is 1.83. The van der Waals surface area contributed by atoms with Crippen LogP contribution in [0.4, 0.5) is 0 Å². The molecule has 0 unspecified atom stereocenters. The van der Waals surface area contributed by atoms with Gasteiger partial charge in [-0.05, 0) is 60.2 Å². The molecule has 2 aliphatic rings. The summed E-state index contributed by atoms with van der Waals surface area (Å²) in [7, 11) is 0. The number of halogens is 1. The topological polar surface area (TPSA) is 52.5 Å². The van der Waals surface area contributed by atoms with E-state index in [0.717, 1.165) is 65.1 Å². The number of carbonyl (C=O) groups is 1. The second-order valence-electron chi connectivity index (χ2n) is 6.77. The number of nitrogens with one attached hydrogen (secondary N) is 1. The molecule has 4 heterocycles. The summed E-state index contributed by atoms with van der Waals surface area (Å²) in [5, 5.41) is 3.05. The van der Waals surface area contributed by atoms with E-state index in [1.807, 2.05) is 6.07 Å². The van der Waals surface area contributed by atoms with Crippen LogP contribution >= 0.6 is 27.3 Å². The number of aromatic nitrogens is 1. The second kappa shape index (κ2) is 7.78. The van der Waals surface area contributed by atoms with Crippen molar-refractivity contribution >= 4 is 43.4 Å². The summed E-state index contributed by atoms with van der Waals surface area (Å²) in [6.45, 7) is 2.94. The molecule has 5 nitrogen and oxygen atoms in total. The van der Waals surface area contributed by atoms with Crippen molar-refractivity contribution < 1.29 is 14.3 Å². The van der Waals surface area contributed by atoms with E-state index in [1.165, 1.54) is 6.42 Å². The van der Waals surface area contributed by atoms with Crippen molar-refractivity contribution in [2.24, 2.45) is 0 Å². The number of thiophene rings is 1. The molecule has 2 fully saturated rings. The largest absolute Gasteiger partial charge is 0.376 e. The molecule has 2 aliphatic heterocycles. The first-order valence-electron chi connectivity index (χ1n) is 9.00. The molecule has 2 atom stereocenters. The first kappa shape index (κ1) is 17.5. The summed E-state index contributed by atoms with van der Waals surface area (Å²) in [5.74, 6) is -0.0224. The van der Waals surface area contributed by atoms with Crippen molar-refractivity contribution in [3.05, 3.63) is 21.6 Å². The summed E-state index contributed by atoms with van der Waals surface area (Å²) >= 11 is 5.22. The number of hydrogen-bond donors (Lipinski definition) is 1. The Balaban J connectivity index is 1.54. The van der Waals surface area contributed by atoms with E-state index < -0.39 is 0 Å². The highest BCUT2D eigenvalue weighted by Gasteiger charge is 2.23. The molecule has 0 spiro atoms. The second-order valence-corrected chi connectivity index (χ2v) is 9.24. The Kier molecular flexibility index (Phi) is 5.45. The van der Waals surface area contributed by atoms with Gasteiger partial charge in [-0.25, -0.2) is 0 Å². The van der Waals surface area contributed by atoms with Gasteiger partial charge in [-0.1, -0.05) is 0 Å². The fourth-order valence-corrected chi connectivity index (χ4v) is 5.22. The summed E-state index contributed by atoms with van der Waals surface area (Å²) in [4.78, 5) is 12.8. The molecule has 1 amide bonds. The minimum Gasteiger partial charge on any atom is -0.376 e. The lowest BCUT2D eigenvalue weighted by molar-refractivity contribution is 0.00636. The molecule has 2 saturated heterocycles. The van der Waals surface area contributed by atoms with Crippen molar-refractivity contribution in [2.45, 2.75) is 50.9 Å². The zero-order valence-electron chi connectivity index (χ0n) is 14.1. The molecule has 0 aromatic carbocycles. The lowest BCUT2D eigenvalue weighted by Gasteiger charge is -2.24. The van der Waals surface area contributed by atoms with Crippen LogP contribution in [0.3, 0.4) is 0 Å². The molecule has 136 valence electrons. The van der Waals surface area contributed by atoms with Crippen molar-refractivity contribution in [1.29, 1.82) is 0 Å². The van der Waals surface area contributed by atoms with Crippen LogP contribution in [0.25, 0.3) is 10.2 Å². The fourth-order valence-electron chi connectivity index (χ4n) is 3.65. The molecule has 0 bridgehead atoms. The SMILES string of the molecule is O=C(NC[C@H]1CCCO1)c1cc2sc(Br)cc2n1C[C@H]1CCCCO1. The Labute approximate surface area is 159 Å². The third kappa shape index (κ3) is 3.94. The normalized spacial score (nSPS) is 24.0. The van der Waals surface area contributed by atoms with Crippen LogP contribution in [0.5, 0.6) is 0 Å². The molecule has 4 rings (SSSR count). The fraction of sp³-hybridized carbons (Fsp3) is 0.611. The van der Waals surface area contributed by atoms with Gasteiger partial charge < -0.3 is 19.4 Å². The van der Waals surface area contributed by atoms with Crippen molar-refractivity contribution in [3.63, 3.8) is 0 Å². The van der Waals surface area contributed by atoms with Crippen LogP contribution in [0.15, 0.2) is 15.9 Å². The van der Waals surface area contributed by atoms with Crippen LogP contribution in [-0.4, -0.2) is 42.4 Å². The Hall–Kier alpha value is -0.890. The third-order valence-corrected chi connectivity index (χ3v) is 6.54. The molecule has 0 saturated carbocycles. The quantitative estimate of drug-likeness (QED) is 0.787. The number of carbonyl (C=O) groups excluding carboxylic acids is 1. The maximum Gasteiger partial charge on any atom is 0.268 e. The van der Waals surface area contributed by atoms with Gasteiger partial charge in [-0.3, -0.25) is 4.79 Å². The maximum absolute atomic E-state index is 12.8. The average Bonchev–Trinajstić information content (AvgIpc) is 3.32. The molecule has 2 aromatic heterocycles. The van der Waals surface area contributed by atoms with Crippen LogP contribution in [0.2, 0.25) is 0 Å². The van der Waals surface area contributed by atoms with Gasteiger partial charge in [0.05, 0.1) is 26.2 Å². The highest BCUT2D eigenvalue weighted by molar-refractivity contribution is 9.11. The van der Waals surface area contributed by atoms with Gasteiger partial charge in [-0.2, -0.15) is 0 Å². The van der Waals surface area contributed by atoms with Gasteiger partial charge >= 0.3 is 0 Å². The van der Waals surface area contributed by atoms with Crippen molar-refractivity contribution in [3.8, 4) is 0 Å². The van der Waals surface area contributed by atoms with E-state index in [0.29, 0.717) is 6.54 Å². The van der Waals surface area contributed by atoms with E-state index in [9.17, 15) is 4.79 Å². The van der Waals surface area contributed by atoms with Gasteiger partial charge in [0, 0.05) is 26.3 Å². The van der Waals surface area contributed by atoms with Crippen LogP contribution in [0.1, 0.15) is 42.6 Å². The van der Waals surface area contributed by atoms with Crippen LogP contribution in [0, 0.1) is 0 Å². The lowest BCUT2D eigenvalue weighted by Crippen LogP contribution is -2.34. The molecule has 0 aliphatic carbocycles. The number of amides is 1. The summed E-state index contributed by atoms with van der Waals surface area (Å²) in [6, 6.07) is 4.10. The van der Waals surface area contributed by atoms with Crippen LogP contribution in [-0.2, 0) is 16.0 Å². The van der Waals surface area contributed by atoms with Gasteiger partial charge in [0.1, 0.15) is 5.69 Å². The molecule has 2 aromatic rings. The molecule has 1 N–H and O–H groups in total. The zero-order chi connectivity index (χ0) is 17.2. The summed E-state index contributed by atoms with van der Waals surface area (Å²) in [6.07, 6.45) is 5.84. The predicted octanol–water partition coefficient (Wildman–Crippen LogP) is 3.94. The molecular weight excluding hydrogens is 404 g/mol. The molecule has 25 heavy (non-hydrogen) atoms. The summed E-state index contributed by atoms with van der Waals surface area (Å²) < 4.78 is 15.8. The number of hydrogen-bond acceptors (Lipinski definition) is 4. The number of rotatable bonds is 5. The van der Waals surface area contributed by atoms with Gasteiger partial charge in [0.2, 0.25) is 0 Å². The van der Waals surface area contributed by atoms with E-state index in [1.54, 1.807) is 11.3 Å². The van der Waals surface area contributed by atoms with Crippen LogP contribution < -0.4 is 5.32 Å². The monoisotopic (exact) mass is 426 g/mol. The highest BCUT2D eigenvalue weighted by Crippen LogP contribution is 2.33. The number of ether oxygens (including phenoxy) is 2. The van der Waals surface area contributed by atoms with Crippen molar-refractivity contribution in [2.75, 3.05) is 19.8 Å². The van der Waals surface area contributed by atoms with E-state index in [-0.39, 0.29) is 18.1 Å². The third-order valence-electron chi connectivity index (χ3n) is 4.97.